The zero-order valence-electron chi connectivity index (χ0n) is 58.1. The van der Waals surface area contributed by atoms with Gasteiger partial charge < -0.3 is 4.90 Å². The molecule has 0 spiro atoms. The van der Waals surface area contributed by atoms with Crippen LogP contribution in [0.25, 0.3) is 111 Å². The lowest BCUT2D eigenvalue weighted by Crippen LogP contribution is -2.18. The van der Waals surface area contributed by atoms with Gasteiger partial charge in [-0.05, 0) is 253 Å². The molecular formula is C98H77N. The molecule has 0 amide bonds. The topological polar surface area (TPSA) is 3.24 Å². The molecule has 99 heavy (non-hydrogen) atoms. The van der Waals surface area contributed by atoms with E-state index in [2.05, 4.69) is 322 Å². The van der Waals surface area contributed by atoms with E-state index in [4.69, 9.17) is 25.7 Å². The number of fused-ring (bicyclic) bond motifs is 8. The van der Waals surface area contributed by atoms with Gasteiger partial charge in [0.15, 0.2) is 0 Å². The molecule has 0 radical (unpaired) electrons. The predicted octanol–water partition coefficient (Wildman–Crippen LogP) is 25.1. The standard InChI is InChI=1S/C98H77N/c1-15-62-33-27-37-80(78(62)17-3)82-49-39-66(57-86(82)81-38-28-34-63(16-2)79(81)18-4)70-54-71(56-73(55-70)72-52-68(64-29-21-19-22-30-64)51-69(53-72)65-31-23-20-24-32-65)67-40-50-83-87-59-91-88(60-90(87)97(11,12)89(83)58-67)94-85-36-26-25-35-84(85)93(61-92(94)98(91,13)14)99(76-45-41-74(42-46-76)95(5,6)7)77-47-43-75(44-48-77)96(8,9)10/h1-4,19-61H,5-14H3. The van der Waals surface area contributed by atoms with Gasteiger partial charge in [0.1, 0.15) is 0 Å². The highest BCUT2D eigenvalue weighted by Gasteiger charge is 2.43. The van der Waals surface area contributed by atoms with Crippen LogP contribution in [-0.2, 0) is 21.7 Å². The van der Waals surface area contributed by atoms with Crippen LogP contribution in [0.2, 0.25) is 0 Å². The largest absolute Gasteiger partial charge is 0.310 e. The summed E-state index contributed by atoms with van der Waals surface area (Å²) in [5, 5.41) is 2.47. The number of nitrogens with zero attached hydrogens (tertiary/aromatic N) is 1. The Morgan fingerprint density at radius 1 is 0.283 bits per heavy atom. The Labute approximate surface area is 586 Å². The second-order valence-electron chi connectivity index (χ2n) is 29.9. The van der Waals surface area contributed by atoms with E-state index < -0.39 is 0 Å². The fourth-order valence-electron chi connectivity index (χ4n) is 15.6. The summed E-state index contributed by atoms with van der Waals surface area (Å²) in [6, 6.07) is 96.1. The smallest absolute Gasteiger partial charge is 0.0543 e. The molecule has 13 aromatic carbocycles. The lowest BCUT2D eigenvalue weighted by Gasteiger charge is -2.31. The minimum atomic E-state index is -0.358. The fraction of sp³-hybridized carbons (Fsp3) is 0.143. The van der Waals surface area contributed by atoms with Crippen LogP contribution in [-0.4, -0.2) is 0 Å². The van der Waals surface area contributed by atoms with Crippen molar-refractivity contribution in [3.8, 4) is 150 Å². The van der Waals surface area contributed by atoms with Crippen molar-refractivity contribution in [3.05, 3.63) is 316 Å². The highest BCUT2D eigenvalue weighted by atomic mass is 15.1. The van der Waals surface area contributed by atoms with Gasteiger partial charge in [-0.15, -0.1) is 25.7 Å². The molecule has 15 rings (SSSR count). The maximum absolute atomic E-state index is 6.41. The number of rotatable bonds is 10. The van der Waals surface area contributed by atoms with Crippen LogP contribution < -0.4 is 4.90 Å². The molecule has 13 aromatic rings. The highest BCUT2D eigenvalue weighted by molar-refractivity contribution is 6.11. The summed E-state index contributed by atoms with van der Waals surface area (Å²) in [7, 11) is 0. The number of hydrogen-bond donors (Lipinski definition) is 0. The summed E-state index contributed by atoms with van der Waals surface area (Å²) in [5.41, 5.74) is 32.9. The molecule has 1 nitrogen and oxygen atoms in total. The summed E-state index contributed by atoms with van der Waals surface area (Å²) < 4.78 is 0. The first-order valence-corrected chi connectivity index (χ1v) is 34.3. The molecule has 0 unspecified atom stereocenters. The van der Waals surface area contributed by atoms with Gasteiger partial charge in [-0.2, -0.15) is 0 Å². The molecule has 0 saturated heterocycles. The number of anilines is 3. The molecule has 2 aliphatic carbocycles. The summed E-state index contributed by atoms with van der Waals surface area (Å²) in [6.45, 7) is 23.4. The molecule has 474 valence electrons. The Bertz CT molecular complexity index is 5510. The van der Waals surface area contributed by atoms with Gasteiger partial charge in [0, 0.05) is 49.8 Å². The van der Waals surface area contributed by atoms with Crippen molar-refractivity contribution in [3.63, 3.8) is 0 Å². The van der Waals surface area contributed by atoms with Gasteiger partial charge >= 0.3 is 0 Å². The van der Waals surface area contributed by atoms with Crippen LogP contribution in [0.4, 0.5) is 17.1 Å². The Balaban J connectivity index is 0.897. The Morgan fingerprint density at radius 3 is 1.17 bits per heavy atom. The van der Waals surface area contributed by atoms with Gasteiger partial charge in [0.2, 0.25) is 0 Å². The third kappa shape index (κ3) is 10.9. The summed E-state index contributed by atoms with van der Waals surface area (Å²) in [5.74, 6) is 11.6. The minimum absolute atomic E-state index is 0.0205. The molecule has 0 N–H and O–H groups in total. The second kappa shape index (κ2) is 24.1. The van der Waals surface area contributed by atoms with E-state index in [0.29, 0.717) is 22.3 Å². The first kappa shape index (κ1) is 63.2. The van der Waals surface area contributed by atoms with Crippen molar-refractivity contribution in [1.29, 1.82) is 0 Å². The number of benzene rings is 13. The summed E-state index contributed by atoms with van der Waals surface area (Å²) in [6.07, 6.45) is 25.0. The second-order valence-corrected chi connectivity index (χ2v) is 29.9. The fourth-order valence-corrected chi connectivity index (χ4v) is 15.6. The van der Waals surface area contributed by atoms with E-state index in [9.17, 15) is 0 Å². The van der Waals surface area contributed by atoms with Crippen LogP contribution in [0.3, 0.4) is 0 Å². The van der Waals surface area contributed by atoms with Gasteiger partial charge in [0.25, 0.3) is 0 Å². The third-order valence-electron chi connectivity index (χ3n) is 21.1. The van der Waals surface area contributed by atoms with E-state index in [-0.39, 0.29) is 21.7 Å². The molecule has 0 aromatic heterocycles. The average molecular weight is 1270 g/mol. The van der Waals surface area contributed by atoms with E-state index in [1.807, 2.05) is 36.4 Å². The van der Waals surface area contributed by atoms with Crippen molar-refractivity contribution in [1.82, 2.24) is 0 Å². The first-order chi connectivity index (χ1) is 47.7. The van der Waals surface area contributed by atoms with Crippen molar-refractivity contribution in [2.75, 3.05) is 4.90 Å². The van der Waals surface area contributed by atoms with Gasteiger partial charge in [-0.1, -0.05) is 251 Å². The van der Waals surface area contributed by atoms with Crippen LogP contribution >= 0.6 is 0 Å². The molecule has 0 fully saturated rings. The Hall–Kier alpha value is -11.8. The molecule has 0 aliphatic heterocycles. The van der Waals surface area contributed by atoms with Gasteiger partial charge in [-0.3, -0.25) is 0 Å². The van der Waals surface area contributed by atoms with Gasteiger partial charge in [0.05, 0.1) is 5.69 Å². The molecular weight excluding hydrogens is 1190 g/mol. The van der Waals surface area contributed by atoms with E-state index in [1.165, 1.54) is 72.1 Å². The summed E-state index contributed by atoms with van der Waals surface area (Å²) in [4.78, 5) is 2.49. The van der Waals surface area contributed by atoms with Crippen LogP contribution in [0.5, 0.6) is 0 Å². The molecule has 0 bridgehead atoms. The predicted molar refractivity (Wildman–Crippen MR) is 421 cm³/mol. The van der Waals surface area contributed by atoms with Crippen LogP contribution in [0, 0.1) is 49.4 Å². The first-order valence-electron chi connectivity index (χ1n) is 34.3. The van der Waals surface area contributed by atoms with E-state index >= 15 is 0 Å². The average Bonchev–Trinajstić information content (AvgIpc) is 1.54. The van der Waals surface area contributed by atoms with Crippen LogP contribution in [0.15, 0.2) is 261 Å². The zero-order valence-corrected chi connectivity index (χ0v) is 58.1. The quantitative estimate of drug-likeness (QED) is 0.123. The monoisotopic (exact) mass is 1270 g/mol. The van der Waals surface area contributed by atoms with Crippen LogP contribution in [0.1, 0.15) is 125 Å². The lowest BCUT2D eigenvalue weighted by atomic mass is 9.79. The van der Waals surface area contributed by atoms with E-state index in [0.717, 1.165) is 89.3 Å². The Morgan fingerprint density at radius 2 is 0.687 bits per heavy atom. The summed E-state index contributed by atoms with van der Waals surface area (Å²) >= 11 is 0. The molecule has 1 heteroatoms. The SMILES string of the molecule is C#Cc1cccc(-c2ccc(-c3cc(-c4cc(-c5ccccc5)cc(-c5ccccc5)c4)cc(-c4ccc5c(c4)C(C)(C)c4cc6c(cc4-5)C(C)(C)c4cc(N(c5ccc(C(C)(C)C)cc5)c5ccc(C(C)(C)C)cc5)c5ccccc5c4-6)c3)cc2-c2cccc(C#C)c2C#C)c1C#C. The third-order valence-corrected chi connectivity index (χ3v) is 21.1. The maximum atomic E-state index is 6.41. The van der Waals surface area contributed by atoms with E-state index in [1.54, 1.807) is 0 Å². The van der Waals surface area contributed by atoms with Crippen molar-refractivity contribution in [2.24, 2.45) is 0 Å². The van der Waals surface area contributed by atoms with Crippen molar-refractivity contribution >= 4 is 27.8 Å². The number of terminal acetylenes is 4. The molecule has 0 saturated carbocycles. The molecule has 0 atom stereocenters. The van der Waals surface area contributed by atoms with Crippen molar-refractivity contribution < 1.29 is 0 Å². The Kier molecular flexibility index (Phi) is 15.4. The number of hydrogen-bond acceptors (Lipinski definition) is 1. The maximum Gasteiger partial charge on any atom is 0.0543 e. The van der Waals surface area contributed by atoms with Crippen molar-refractivity contribution in [2.45, 2.75) is 90.9 Å². The molecule has 0 heterocycles. The lowest BCUT2D eigenvalue weighted by molar-refractivity contribution is 0.590. The minimum Gasteiger partial charge on any atom is -0.310 e. The van der Waals surface area contributed by atoms with Gasteiger partial charge in [-0.25, -0.2) is 0 Å². The normalized spacial score (nSPS) is 13.1. The zero-order chi connectivity index (χ0) is 68.9. The highest BCUT2D eigenvalue weighted by Crippen LogP contribution is 2.60. The molecule has 2 aliphatic rings.